The normalized spacial score (nSPS) is 31.4. The molecule has 1 aliphatic rings. The number of fused-ring (bicyclic) bond motifs is 1. The number of rotatable bonds is 4. The molecule has 0 radical (unpaired) electrons. The Morgan fingerprint density at radius 1 is 1.21 bits per heavy atom. The SMILES string of the molecule is CO[C@H]1O[C@H](CS(=O)(=O)c2nc3ccccc3s2)[C@@H](O)[C@H](O)[C@@H]1O. The predicted molar refractivity (Wildman–Crippen MR) is 85.4 cm³/mol. The van der Waals surface area contributed by atoms with E-state index in [1.165, 1.54) is 7.11 Å². The van der Waals surface area contributed by atoms with E-state index in [1.54, 1.807) is 24.3 Å². The summed E-state index contributed by atoms with van der Waals surface area (Å²) in [5.41, 5.74) is 0.566. The van der Waals surface area contributed by atoms with Gasteiger partial charge in [-0.25, -0.2) is 13.4 Å². The van der Waals surface area contributed by atoms with E-state index in [2.05, 4.69) is 4.98 Å². The smallest absolute Gasteiger partial charge is 0.210 e. The van der Waals surface area contributed by atoms with Crippen molar-refractivity contribution in [3.63, 3.8) is 0 Å². The molecule has 5 atom stereocenters. The van der Waals surface area contributed by atoms with Crippen LogP contribution in [0.25, 0.3) is 10.2 Å². The van der Waals surface area contributed by atoms with Gasteiger partial charge in [0.25, 0.3) is 0 Å². The third-order valence-electron chi connectivity index (χ3n) is 3.82. The van der Waals surface area contributed by atoms with Crippen molar-refractivity contribution in [2.24, 2.45) is 0 Å². The number of para-hydroxylation sites is 1. The quantitative estimate of drug-likeness (QED) is 0.654. The molecular weight excluding hydrogens is 358 g/mol. The van der Waals surface area contributed by atoms with Gasteiger partial charge in [-0.3, -0.25) is 0 Å². The number of hydrogen-bond acceptors (Lipinski definition) is 9. The van der Waals surface area contributed by atoms with Crippen LogP contribution in [0.2, 0.25) is 0 Å². The first kappa shape index (κ1) is 17.7. The van der Waals surface area contributed by atoms with Gasteiger partial charge in [0.1, 0.15) is 24.4 Å². The lowest BCUT2D eigenvalue weighted by Crippen LogP contribution is -2.59. The maximum Gasteiger partial charge on any atom is 0.210 e. The number of aliphatic hydroxyl groups excluding tert-OH is 3. The van der Waals surface area contributed by atoms with Crippen molar-refractivity contribution in [2.45, 2.75) is 35.0 Å². The van der Waals surface area contributed by atoms with Gasteiger partial charge in [0.05, 0.1) is 16.0 Å². The fraction of sp³-hybridized carbons (Fsp3) is 0.500. The van der Waals surface area contributed by atoms with Gasteiger partial charge >= 0.3 is 0 Å². The predicted octanol–water partition coefficient (Wildman–Crippen LogP) is -0.476. The molecule has 3 N–H and O–H groups in total. The summed E-state index contributed by atoms with van der Waals surface area (Å²) < 4.78 is 35.9. The van der Waals surface area contributed by atoms with Crippen LogP contribution in [-0.2, 0) is 19.3 Å². The number of nitrogens with zero attached hydrogens (tertiary/aromatic N) is 1. The number of aliphatic hydroxyl groups is 3. The molecule has 0 aliphatic carbocycles. The number of methoxy groups -OCH3 is 1. The summed E-state index contributed by atoms with van der Waals surface area (Å²) in [5, 5.41) is 29.5. The van der Waals surface area contributed by atoms with Crippen LogP contribution in [0, 0.1) is 0 Å². The number of sulfone groups is 1. The highest BCUT2D eigenvalue weighted by Crippen LogP contribution is 2.29. The first-order valence-corrected chi connectivity index (χ1v) is 9.61. The third-order valence-corrected chi connectivity index (χ3v) is 7.06. The zero-order valence-corrected chi connectivity index (χ0v) is 14.3. The summed E-state index contributed by atoms with van der Waals surface area (Å²) in [4.78, 5) is 4.10. The summed E-state index contributed by atoms with van der Waals surface area (Å²) in [6, 6.07) is 7.01. The molecule has 1 fully saturated rings. The first-order chi connectivity index (χ1) is 11.3. The third kappa shape index (κ3) is 3.18. The van der Waals surface area contributed by atoms with Crippen LogP contribution < -0.4 is 0 Å². The van der Waals surface area contributed by atoms with E-state index in [0.29, 0.717) is 5.52 Å². The fourth-order valence-corrected chi connectivity index (χ4v) is 5.29. The van der Waals surface area contributed by atoms with Gasteiger partial charge in [-0.05, 0) is 12.1 Å². The molecule has 1 saturated heterocycles. The van der Waals surface area contributed by atoms with E-state index in [-0.39, 0.29) is 4.34 Å². The van der Waals surface area contributed by atoms with Crippen molar-refractivity contribution in [3.8, 4) is 0 Å². The molecule has 8 nitrogen and oxygen atoms in total. The Labute approximate surface area is 142 Å². The van der Waals surface area contributed by atoms with Gasteiger partial charge in [-0.2, -0.15) is 0 Å². The molecule has 1 aromatic heterocycles. The lowest BCUT2D eigenvalue weighted by atomic mass is 10.00. The molecule has 2 aromatic rings. The molecular formula is C14H17NO7S2. The maximum atomic E-state index is 12.6. The summed E-state index contributed by atoms with van der Waals surface area (Å²) in [6.07, 6.45) is -7.06. The average molecular weight is 375 g/mol. The minimum atomic E-state index is -3.85. The topological polar surface area (TPSA) is 126 Å². The number of aromatic nitrogens is 1. The summed E-state index contributed by atoms with van der Waals surface area (Å²) >= 11 is 1.02. The highest BCUT2D eigenvalue weighted by atomic mass is 32.2. The Morgan fingerprint density at radius 3 is 2.58 bits per heavy atom. The highest BCUT2D eigenvalue weighted by Gasteiger charge is 2.45. The Kier molecular flexibility index (Phi) is 4.89. The maximum absolute atomic E-state index is 12.6. The summed E-state index contributed by atoms with van der Waals surface area (Å²) in [5.74, 6) is -0.586. The lowest BCUT2D eigenvalue weighted by molar-refractivity contribution is -0.285. The molecule has 0 bridgehead atoms. The van der Waals surface area contributed by atoms with Crippen LogP contribution in [-0.4, -0.2) is 72.3 Å². The number of benzene rings is 1. The number of thiazole rings is 1. The molecule has 0 saturated carbocycles. The minimum Gasteiger partial charge on any atom is -0.388 e. The number of hydrogen-bond donors (Lipinski definition) is 3. The van der Waals surface area contributed by atoms with Gasteiger partial charge in [-0.15, -0.1) is 11.3 Å². The van der Waals surface area contributed by atoms with Crippen molar-refractivity contribution < 1.29 is 33.2 Å². The average Bonchev–Trinajstić information content (AvgIpc) is 3.00. The van der Waals surface area contributed by atoms with E-state index in [4.69, 9.17) is 9.47 Å². The zero-order valence-electron chi connectivity index (χ0n) is 12.6. The Bertz CT molecular complexity index is 786. The van der Waals surface area contributed by atoms with Gasteiger partial charge in [0.2, 0.25) is 14.2 Å². The van der Waals surface area contributed by atoms with Crippen LogP contribution in [0.3, 0.4) is 0 Å². The van der Waals surface area contributed by atoms with E-state index in [0.717, 1.165) is 16.0 Å². The first-order valence-electron chi connectivity index (χ1n) is 7.14. The van der Waals surface area contributed by atoms with Crippen LogP contribution in [0.4, 0.5) is 0 Å². The second kappa shape index (κ2) is 6.64. The molecule has 2 heterocycles. The van der Waals surface area contributed by atoms with E-state index >= 15 is 0 Å². The van der Waals surface area contributed by atoms with Crippen LogP contribution >= 0.6 is 11.3 Å². The number of ether oxygens (including phenoxy) is 2. The molecule has 1 aliphatic heterocycles. The van der Waals surface area contributed by atoms with Gasteiger partial charge in [-0.1, -0.05) is 12.1 Å². The Hall–Kier alpha value is -1.14. The van der Waals surface area contributed by atoms with E-state index in [9.17, 15) is 23.7 Å². The van der Waals surface area contributed by atoms with Crippen molar-refractivity contribution in [3.05, 3.63) is 24.3 Å². The molecule has 3 rings (SSSR count). The molecule has 132 valence electrons. The molecule has 0 amide bonds. The Balaban J connectivity index is 1.85. The van der Waals surface area contributed by atoms with Crippen LogP contribution in [0.15, 0.2) is 28.6 Å². The van der Waals surface area contributed by atoms with Crippen molar-refractivity contribution in [1.29, 1.82) is 0 Å². The van der Waals surface area contributed by atoms with Crippen LogP contribution in [0.5, 0.6) is 0 Å². The molecule has 1 aromatic carbocycles. The Morgan fingerprint density at radius 2 is 1.92 bits per heavy atom. The monoisotopic (exact) mass is 375 g/mol. The minimum absolute atomic E-state index is 0.0888. The molecule has 10 heteroatoms. The zero-order chi connectivity index (χ0) is 17.5. The largest absolute Gasteiger partial charge is 0.388 e. The molecule has 0 spiro atoms. The summed E-state index contributed by atoms with van der Waals surface area (Å²) in [6.45, 7) is 0. The lowest BCUT2D eigenvalue weighted by Gasteiger charge is -2.39. The standard InChI is InChI=1S/C14H17NO7S2/c1-21-13-12(18)11(17)10(16)8(22-13)6-24(19,20)14-15-7-4-2-3-5-9(7)23-14/h2-5,8,10-13,16-18H,6H2,1H3/t8-,10-,11+,12+,13+/m1/s1. The summed E-state index contributed by atoms with van der Waals surface area (Å²) in [7, 11) is -2.61. The molecule has 0 unspecified atom stereocenters. The van der Waals surface area contributed by atoms with Gasteiger partial charge in [0, 0.05) is 7.11 Å². The second-order valence-electron chi connectivity index (χ2n) is 5.48. The van der Waals surface area contributed by atoms with E-state index in [1.807, 2.05) is 0 Å². The van der Waals surface area contributed by atoms with Gasteiger partial charge < -0.3 is 24.8 Å². The van der Waals surface area contributed by atoms with Crippen LogP contribution in [0.1, 0.15) is 0 Å². The molecule has 24 heavy (non-hydrogen) atoms. The van der Waals surface area contributed by atoms with Crippen molar-refractivity contribution >= 4 is 31.4 Å². The second-order valence-corrected chi connectivity index (χ2v) is 8.72. The van der Waals surface area contributed by atoms with Gasteiger partial charge in [0.15, 0.2) is 6.29 Å². The van der Waals surface area contributed by atoms with Crippen molar-refractivity contribution in [1.82, 2.24) is 4.98 Å². The van der Waals surface area contributed by atoms with Crippen molar-refractivity contribution in [2.75, 3.05) is 12.9 Å². The fourth-order valence-electron chi connectivity index (χ4n) is 2.52. The van der Waals surface area contributed by atoms with E-state index < -0.39 is 46.3 Å². The highest BCUT2D eigenvalue weighted by molar-refractivity contribution is 7.93.